The molecule has 1 radical (unpaired) electrons. The fourth-order valence-electron chi connectivity index (χ4n) is 5.46. The van der Waals surface area contributed by atoms with Crippen LogP contribution in [0.2, 0.25) is 0 Å². The van der Waals surface area contributed by atoms with Crippen molar-refractivity contribution in [3.63, 3.8) is 0 Å². The molecule has 0 atom stereocenters. The number of pyridine rings is 3. The van der Waals surface area contributed by atoms with Crippen LogP contribution in [0.5, 0.6) is 0 Å². The van der Waals surface area contributed by atoms with E-state index in [4.69, 9.17) is 4.42 Å². The molecule has 7 aromatic rings. The molecule has 0 saturated carbocycles. The Morgan fingerprint density at radius 2 is 1.41 bits per heavy atom. The predicted molar refractivity (Wildman–Crippen MR) is 184 cm³/mol. The molecule has 0 unspecified atom stereocenters. The molecular weight excluding hydrogens is 743 g/mol. The van der Waals surface area contributed by atoms with Crippen LogP contribution in [0.25, 0.3) is 55.9 Å². The number of hydrogen-bond acceptors (Lipinski definition) is 4. The molecule has 5 heteroatoms. The van der Waals surface area contributed by atoms with E-state index >= 15 is 0 Å². The number of hydrogen-bond donors (Lipinski definition) is 0. The van der Waals surface area contributed by atoms with Crippen LogP contribution in [0.1, 0.15) is 37.5 Å². The number of nitrogens with zero attached hydrogens (tertiary/aromatic N) is 3. The van der Waals surface area contributed by atoms with Gasteiger partial charge in [-0.2, -0.15) is 0 Å². The molecule has 7 rings (SSSR count). The van der Waals surface area contributed by atoms with Gasteiger partial charge in [0.05, 0.1) is 0 Å². The molecule has 0 aliphatic rings. The van der Waals surface area contributed by atoms with Crippen molar-refractivity contribution in [3.8, 4) is 45.0 Å². The zero-order valence-corrected chi connectivity index (χ0v) is 29.0. The summed E-state index contributed by atoms with van der Waals surface area (Å²) in [6.07, 6.45) is 7.39. The van der Waals surface area contributed by atoms with Crippen molar-refractivity contribution in [1.82, 2.24) is 15.0 Å². The summed E-state index contributed by atoms with van der Waals surface area (Å²) in [4.78, 5) is 13.1. The van der Waals surface area contributed by atoms with Gasteiger partial charge in [0.1, 0.15) is 11.3 Å². The molecule has 0 spiro atoms. The first-order valence-electron chi connectivity index (χ1n) is 15.1. The van der Waals surface area contributed by atoms with Crippen LogP contribution >= 0.6 is 0 Å². The van der Waals surface area contributed by atoms with Crippen LogP contribution in [0.3, 0.4) is 0 Å². The Morgan fingerprint density at radius 1 is 0.630 bits per heavy atom. The first-order chi connectivity index (χ1) is 21.8. The first kappa shape index (κ1) is 32.7. The molecule has 0 bridgehead atoms. The molecule has 3 aromatic carbocycles. The zero-order valence-electron chi connectivity index (χ0n) is 26.6. The van der Waals surface area contributed by atoms with Gasteiger partial charge < -0.3 is 14.4 Å². The van der Waals surface area contributed by atoms with Gasteiger partial charge in [-0.15, -0.1) is 71.3 Å². The summed E-state index contributed by atoms with van der Waals surface area (Å²) in [6.45, 7) is 10.8. The Labute approximate surface area is 285 Å². The second-order valence-corrected chi connectivity index (χ2v) is 12.2. The van der Waals surface area contributed by atoms with Crippen LogP contribution < -0.4 is 0 Å². The van der Waals surface area contributed by atoms with E-state index < -0.39 is 0 Å². The van der Waals surface area contributed by atoms with Gasteiger partial charge in [0, 0.05) is 61.4 Å². The number of rotatable bonds is 4. The quantitative estimate of drug-likeness (QED) is 0.167. The number of fused-ring (bicyclic) bond motifs is 1. The van der Waals surface area contributed by atoms with E-state index in [0.29, 0.717) is 0 Å². The van der Waals surface area contributed by atoms with Gasteiger partial charge in [-0.1, -0.05) is 50.6 Å². The summed E-state index contributed by atoms with van der Waals surface area (Å²) >= 11 is 0. The Bertz CT molecular complexity index is 2020. The fraction of sp³-hybridized carbons (Fsp3) is 0.146. The second kappa shape index (κ2) is 14.2. The molecule has 0 aliphatic heterocycles. The topological polar surface area (TPSA) is 51.8 Å². The summed E-state index contributed by atoms with van der Waals surface area (Å²) in [5.41, 5.74) is 11.5. The SMILES string of the molecule is Cc1cncc(-c2oc3ccc(-c4cc[c-]c(-c5cc(C)ccn5)c4)cc3c2C(C)(C)C)c1.[Ir].[c-]1ccccc1-c1ccccn1. The first-order valence-corrected chi connectivity index (χ1v) is 15.1. The molecule has 0 fully saturated rings. The van der Waals surface area contributed by atoms with Crippen LogP contribution in [0.4, 0.5) is 0 Å². The van der Waals surface area contributed by atoms with Gasteiger partial charge in [0.25, 0.3) is 0 Å². The average Bonchev–Trinajstić information content (AvgIpc) is 3.46. The van der Waals surface area contributed by atoms with Crippen LogP contribution in [-0.2, 0) is 25.5 Å². The zero-order chi connectivity index (χ0) is 31.4. The fourth-order valence-corrected chi connectivity index (χ4v) is 5.46. The Hall–Kier alpha value is -4.70. The summed E-state index contributed by atoms with van der Waals surface area (Å²) in [6, 6.07) is 39.1. The minimum absolute atomic E-state index is 0. The molecular formula is C41H35IrN3O-2. The molecule has 231 valence electrons. The third kappa shape index (κ3) is 7.39. The predicted octanol–water partition coefficient (Wildman–Crippen LogP) is 10.5. The van der Waals surface area contributed by atoms with Crippen molar-refractivity contribution in [1.29, 1.82) is 0 Å². The smallest absolute Gasteiger partial charge is 0.140 e. The van der Waals surface area contributed by atoms with Crippen molar-refractivity contribution < 1.29 is 24.5 Å². The molecule has 0 N–H and O–H groups in total. The van der Waals surface area contributed by atoms with Crippen LogP contribution in [0, 0.1) is 26.0 Å². The molecule has 0 saturated heterocycles. The third-order valence-electron chi connectivity index (χ3n) is 7.55. The largest absolute Gasteiger partial charge is 0.456 e. The third-order valence-corrected chi connectivity index (χ3v) is 7.55. The molecule has 4 heterocycles. The number of furan rings is 1. The normalized spacial score (nSPS) is 11.0. The maximum atomic E-state index is 6.41. The Balaban J connectivity index is 0.000000269. The number of aryl methyl sites for hydroxylation is 2. The van der Waals surface area contributed by atoms with Crippen molar-refractivity contribution in [2.24, 2.45) is 0 Å². The van der Waals surface area contributed by atoms with Gasteiger partial charge in [-0.25, -0.2) is 0 Å². The van der Waals surface area contributed by atoms with Crippen LogP contribution in [0.15, 0.2) is 126 Å². The monoisotopic (exact) mass is 778 g/mol. The molecule has 4 aromatic heterocycles. The minimum Gasteiger partial charge on any atom is -0.456 e. The number of aromatic nitrogens is 3. The minimum atomic E-state index is -0.0932. The van der Waals surface area contributed by atoms with Gasteiger partial charge in [-0.3, -0.25) is 4.98 Å². The van der Waals surface area contributed by atoms with E-state index in [0.717, 1.165) is 61.5 Å². The van der Waals surface area contributed by atoms with Crippen molar-refractivity contribution in [2.45, 2.75) is 40.0 Å². The Kier molecular flexibility index (Phi) is 10.1. The van der Waals surface area contributed by atoms with E-state index in [-0.39, 0.29) is 25.5 Å². The second-order valence-electron chi connectivity index (χ2n) is 12.2. The molecule has 46 heavy (non-hydrogen) atoms. The molecule has 0 amide bonds. The van der Waals surface area contributed by atoms with Crippen molar-refractivity contribution >= 4 is 11.0 Å². The van der Waals surface area contributed by atoms with Gasteiger partial charge in [0.2, 0.25) is 0 Å². The summed E-state index contributed by atoms with van der Waals surface area (Å²) in [5.74, 6) is 0.900. The average molecular weight is 778 g/mol. The summed E-state index contributed by atoms with van der Waals surface area (Å²) in [5, 5.41) is 1.14. The van der Waals surface area contributed by atoms with E-state index in [1.54, 1.807) is 6.20 Å². The number of benzene rings is 3. The van der Waals surface area contributed by atoms with Crippen molar-refractivity contribution in [2.75, 3.05) is 0 Å². The molecule has 0 aliphatic carbocycles. The van der Waals surface area contributed by atoms with Gasteiger partial charge in [-0.05, 0) is 72.1 Å². The summed E-state index contributed by atoms with van der Waals surface area (Å²) < 4.78 is 6.41. The van der Waals surface area contributed by atoms with Crippen LogP contribution in [-0.4, -0.2) is 15.0 Å². The van der Waals surface area contributed by atoms with E-state index in [1.165, 1.54) is 11.1 Å². The van der Waals surface area contributed by atoms with Crippen molar-refractivity contribution in [3.05, 3.63) is 151 Å². The van der Waals surface area contributed by atoms with Gasteiger partial charge >= 0.3 is 0 Å². The van der Waals surface area contributed by atoms with Gasteiger partial charge in [0.15, 0.2) is 0 Å². The van der Waals surface area contributed by atoms with E-state index in [9.17, 15) is 0 Å². The van der Waals surface area contributed by atoms with E-state index in [1.807, 2.05) is 73.2 Å². The van der Waals surface area contributed by atoms with E-state index in [2.05, 4.69) is 104 Å². The Morgan fingerprint density at radius 3 is 2.13 bits per heavy atom. The summed E-state index contributed by atoms with van der Waals surface area (Å²) in [7, 11) is 0. The maximum absolute atomic E-state index is 6.41. The maximum Gasteiger partial charge on any atom is 0.140 e. The molecule has 4 nitrogen and oxygen atoms in total. The standard InChI is InChI=1S/C30H27N2O.C11H8N.Ir/c1-19-11-12-32-26(14-19)23-8-6-7-21(15-23)22-9-10-27-25(16-22)28(30(3,4)5)29(33-27)24-13-20(2)17-31-18-24;1-2-6-10(7-3-1)11-8-4-5-9-12-11;/h6-7,9-18H,1-5H3;1-6,8-9H;/q2*-1;.